The number of hydrogen-bond acceptors (Lipinski definition) is 4. The van der Waals surface area contributed by atoms with Crippen LogP contribution in [0.1, 0.15) is 13.3 Å². The number of carbonyl (C=O) groups is 1. The van der Waals surface area contributed by atoms with Gasteiger partial charge < -0.3 is 14.8 Å². The lowest BCUT2D eigenvalue weighted by atomic mass is 10.3. The largest absolute Gasteiger partial charge is 0.481 e. The van der Waals surface area contributed by atoms with Crippen LogP contribution in [0.2, 0.25) is 10.0 Å². The van der Waals surface area contributed by atoms with Gasteiger partial charge in [0.2, 0.25) is 0 Å². The van der Waals surface area contributed by atoms with Crippen molar-refractivity contribution in [1.29, 1.82) is 0 Å². The van der Waals surface area contributed by atoms with Gasteiger partial charge in [0.25, 0.3) is 5.91 Å². The van der Waals surface area contributed by atoms with Crippen LogP contribution in [-0.4, -0.2) is 56.3 Å². The Bertz CT molecular complexity index is 522. The first-order valence-electron chi connectivity index (χ1n) is 7.76. The van der Waals surface area contributed by atoms with E-state index in [-0.39, 0.29) is 5.91 Å². The highest BCUT2D eigenvalue weighted by Gasteiger charge is 2.15. The van der Waals surface area contributed by atoms with Crippen molar-refractivity contribution >= 4 is 29.1 Å². The van der Waals surface area contributed by atoms with E-state index in [1.54, 1.807) is 25.1 Å². The maximum absolute atomic E-state index is 12.0. The van der Waals surface area contributed by atoms with Gasteiger partial charge in [-0.05, 0) is 32.0 Å². The molecule has 1 amide bonds. The lowest BCUT2D eigenvalue weighted by molar-refractivity contribution is -0.127. The lowest BCUT2D eigenvalue weighted by Gasteiger charge is -2.26. The van der Waals surface area contributed by atoms with E-state index < -0.39 is 6.10 Å². The molecule has 1 N–H and O–H groups in total. The molecule has 0 aliphatic carbocycles. The Morgan fingerprint density at radius 3 is 2.78 bits per heavy atom. The van der Waals surface area contributed by atoms with Crippen molar-refractivity contribution in [2.45, 2.75) is 19.4 Å². The molecular formula is C16H22Cl2N2O3. The summed E-state index contributed by atoms with van der Waals surface area (Å²) in [5.74, 6) is 0.383. The fourth-order valence-electron chi connectivity index (χ4n) is 2.29. The second-order valence-corrected chi connectivity index (χ2v) is 6.25. The first-order chi connectivity index (χ1) is 11.1. The van der Waals surface area contributed by atoms with Crippen LogP contribution >= 0.6 is 23.2 Å². The second kappa shape index (κ2) is 9.33. The molecule has 1 aliphatic heterocycles. The van der Waals surface area contributed by atoms with Gasteiger partial charge in [0.15, 0.2) is 6.10 Å². The maximum Gasteiger partial charge on any atom is 0.260 e. The van der Waals surface area contributed by atoms with Crippen LogP contribution in [0.4, 0.5) is 0 Å². The molecule has 5 nitrogen and oxygen atoms in total. The summed E-state index contributed by atoms with van der Waals surface area (Å²) >= 11 is 11.8. The van der Waals surface area contributed by atoms with Crippen molar-refractivity contribution in [3.8, 4) is 5.75 Å². The molecule has 1 saturated heterocycles. The molecule has 0 aromatic heterocycles. The third-order valence-electron chi connectivity index (χ3n) is 3.63. The van der Waals surface area contributed by atoms with Gasteiger partial charge in [0.05, 0.1) is 23.3 Å². The Labute approximate surface area is 146 Å². The molecule has 1 aromatic carbocycles. The predicted molar refractivity (Wildman–Crippen MR) is 91.4 cm³/mol. The molecule has 0 spiro atoms. The third-order valence-corrected chi connectivity index (χ3v) is 4.37. The van der Waals surface area contributed by atoms with Gasteiger partial charge in [-0.3, -0.25) is 9.69 Å². The quantitative estimate of drug-likeness (QED) is 0.759. The summed E-state index contributed by atoms with van der Waals surface area (Å²) in [6.45, 7) is 6.81. The number of halogens is 2. The van der Waals surface area contributed by atoms with E-state index in [0.717, 1.165) is 39.3 Å². The van der Waals surface area contributed by atoms with E-state index in [1.807, 2.05) is 0 Å². The normalized spacial score (nSPS) is 16.8. The van der Waals surface area contributed by atoms with Gasteiger partial charge in [-0.25, -0.2) is 0 Å². The average Bonchev–Trinajstić information content (AvgIpc) is 2.55. The number of benzene rings is 1. The third kappa shape index (κ3) is 6.18. The van der Waals surface area contributed by atoms with Gasteiger partial charge in [0.1, 0.15) is 5.75 Å². The molecule has 128 valence electrons. The van der Waals surface area contributed by atoms with Crippen LogP contribution in [0.5, 0.6) is 5.75 Å². The number of carbonyl (C=O) groups excluding carboxylic acids is 1. The highest BCUT2D eigenvalue weighted by molar-refractivity contribution is 6.42. The van der Waals surface area contributed by atoms with Crippen LogP contribution in [-0.2, 0) is 9.53 Å². The summed E-state index contributed by atoms with van der Waals surface area (Å²) in [7, 11) is 0. The number of rotatable bonds is 7. The second-order valence-electron chi connectivity index (χ2n) is 5.43. The topological polar surface area (TPSA) is 50.8 Å². The molecule has 1 fully saturated rings. The monoisotopic (exact) mass is 360 g/mol. The minimum Gasteiger partial charge on any atom is -0.481 e. The van der Waals surface area contributed by atoms with Crippen molar-refractivity contribution < 1.29 is 14.3 Å². The fourth-order valence-corrected chi connectivity index (χ4v) is 2.58. The summed E-state index contributed by atoms with van der Waals surface area (Å²) in [6, 6.07) is 4.94. The molecule has 0 radical (unpaired) electrons. The van der Waals surface area contributed by atoms with Crippen LogP contribution in [0.3, 0.4) is 0 Å². The van der Waals surface area contributed by atoms with Gasteiger partial charge in [-0.15, -0.1) is 0 Å². The van der Waals surface area contributed by atoms with E-state index in [9.17, 15) is 4.79 Å². The fraction of sp³-hybridized carbons (Fsp3) is 0.562. The molecule has 1 atom stereocenters. The van der Waals surface area contributed by atoms with Crippen molar-refractivity contribution in [2.75, 3.05) is 39.4 Å². The first kappa shape index (κ1) is 18.3. The van der Waals surface area contributed by atoms with E-state index in [4.69, 9.17) is 32.7 Å². The molecule has 0 saturated carbocycles. The summed E-state index contributed by atoms with van der Waals surface area (Å²) in [5, 5.41) is 3.75. The molecule has 7 heteroatoms. The van der Waals surface area contributed by atoms with Gasteiger partial charge >= 0.3 is 0 Å². The highest BCUT2D eigenvalue weighted by atomic mass is 35.5. The smallest absolute Gasteiger partial charge is 0.260 e. The zero-order valence-electron chi connectivity index (χ0n) is 13.2. The summed E-state index contributed by atoms with van der Waals surface area (Å²) < 4.78 is 10.9. The minimum atomic E-state index is -0.587. The zero-order chi connectivity index (χ0) is 16.7. The highest BCUT2D eigenvalue weighted by Crippen LogP contribution is 2.26. The molecule has 23 heavy (non-hydrogen) atoms. The standard InChI is InChI=1S/C16H22Cl2N2O3/c1-12(23-13-3-4-14(17)15(18)11-13)16(21)19-5-2-6-20-7-9-22-10-8-20/h3-4,11-12H,2,5-10H2,1H3,(H,19,21). The molecule has 1 unspecified atom stereocenters. The lowest BCUT2D eigenvalue weighted by Crippen LogP contribution is -2.40. The minimum absolute atomic E-state index is 0.141. The SMILES string of the molecule is CC(Oc1ccc(Cl)c(Cl)c1)C(=O)NCCCN1CCOCC1. The first-order valence-corrected chi connectivity index (χ1v) is 8.51. The molecule has 1 heterocycles. The number of nitrogens with one attached hydrogen (secondary N) is 1. The van der Waals surface area contributed by atoms with Crippen molar-refractivity contribution in [3.63, 3.8) is 0 Å². The van der Waals surface area contributed by atoms with Crippen molar-refractivity contribution in [2.24, 2.45) is 0 Å². The number of hydrogen-bond donors (Lipinski definition) is 1. The van der Waals surface area contributed by atoms with Gasteiger partial charge in [-0.1, -0.05) is 23.2 Å². The Morgan fingerprint density at radius 1 is 1.35 bits per heavy atom. The van der Waals surface area contributed by atoms with Crippen LogP contribution in [0.15, 0.2) is 18.2 Å². The number of morpholine rings is 1. The van der Waals surface area contributed by atoms with Gasteiger partial charge in [-0.2, -0.15) is 0 Å². The van der Waals surface area contributed by atoms with E-state index in [0.29, 0.717) is 22.3 Å². The predicted octanol–water partition coefficient (Wildman–Crippen LogP) is 2.60. The average molecular weight is 361 g/mol. The molecular weight excluding hydrogens is 339 g/mol. The number of nitrogens with zero attached hydrogens (tertiary/aromatic N) is 1. The van der Waals surface area contributed by atoms with Crippen molar-refractivity contribution in [1.82, 2.24) is 10.2 Å². The van der Waals surface area contributed by atoms with Crippen LogP contribution in [0.25, 0.3) is 0 Å². The summed E-state index contributed by atoms with van der Waals surface area (Å²) in [4.78, 5) is 14.4. The molecule has 2 rings (SSSR count). The van der Waals surface area contributed by atoms with E-state index in [1.165, 1.54) is 0 Å². The van der Waals surface area contributed by atoms with Crippen LogP contribution in [0, 0.1) is 0 Å². The number of amides is 1. The van der Waals surface area contributed by atoms with E-state index in [2.05, 4.69) is 10.2 Å². The Morgan fingerprint density at radius 2 is 2.09 bits per heavy atom. The van der Waals surface area contributed by atoms with E-state index >= 15 is 0 Å². The van der Waals surface area contributed by atoms with Gasteiger partial charge in [0, 0.05) is 25.7 Å². The Hall–Kier alpha value is -1.01. The Balaban J connectivity index is 1.66. The molecule has 1 aromatic rings. The summed E-state index contributed by atoms with van der Waals surface area (Å²) in [6.07, 6.45) is 0.321. The van der Waals surface area contributed by atoms with Crippen molar-refractivity contribution in [3.05, 3.63) is 28.2 Å². The number of ether oxygens (including phenoxy) is 2. The zero-order valence-corrected chi connectivity index (χ0v) is 14.7. The summed E-state index contributed by atoms with van der Waals surface area (Å²) in [5.41, 5.74) is 0. The maximum atomic E-state index is 12.0. The molecule has 0 bridgehead atoms. The Kier molecular flexibility index (Phi) is 7.43. The van der Waals surface area contributed by atoms with Crippen LogP contribution < -0.4 is 10.1 Å². The molecule has 1 aliphatic rings.